The van der Waals surface area contributed by atoms with Crippen LogP contribution in [0.4, 0.5) is 18.9 Å². The molecule has 0 saturated carbocycles. The number of benzene rings is 2. The van der Waals surface area contributed by atoms with Crippen LogP contribution >= 0.6 is 11.3 Å². The Bertz CT molecular complexity index is 1080. The lowest BCUT2D eigenvalue weighted by Gasteiger charge is -2.07. The number of thiazole rings is 1. The first-order valence-corrected chi connectivity index (χ1v) is 8.30. The first kappa shape index (κ1) is 19.2. The zero-order valence-corrected chi connectivity index (χ0v) is 14.4. The minimum absolute atomic E-state index is 0.0221. The minimum atomic E-state index is -4.58. The first-order valence-electron chi connectivity index (χ1n) is 7.48. The minimum Gasteiger partial charge on any atom is -0.267 e. The quantitative estimate of drug-likeness (QED) is 0.508. The van der Waals surface area contributed by atoms with E-state index in [2.05, 4.69) is 15.8 Å². The first-order chi connectivity index (χ1) is 13.1. The molecule has 8 nitrogen and oxygen atoms in total. The third-order valence-electron chi connectivity index (χ3n) is 3.52. The van der Waals surface area contributed by atoms with Crippen LogP contribution in [0.5, 0.6) is 0 Å². The number of hydrogen-bond donors (Lipinski definition) is 2. The molecule has 0 fully saturated rings. The maximum Gasteiger partial charge on any atom is 0.443 e. The van der Waals surface area contributed by atoms with Crippen LogP contribution < -0.4 is 10.9 Å². The van der Waals surface area contributed by atoms with E-state index < -0.39 is 27.9 Å². The topological polar surface area (TPSA) is 114 Å². The predicted molar refractivity (Wildman–Crippen MR) is 92.7 cm³/mol. The Balaban J connectivity index is 1.68. The van der Waals surface area contributed by atoms with Crippen molar-refractivity contribution in [2.75, 3.05) is 0 Å². The normalized spacial score (nSPS) is 11.2. The molecule has 0 radical (unpaired) electrons. The summed E-state index contributed by atoms with van der Waals surface area (Å²) in [7, 11) is 0. The van der Waals surface area contributed by atoms with Crippen molar-refractivity contribution in [2.24, 2.45) is 0 Å². The van der Waals surface area contributed by atoms with Crippen LogP contribution in [-0.4, -0.2) is 21.7 Å². The van der Waals surface area contributed by atoms with Crippen molar-refractivity contribution in [1.29, 1.82) is 0 Å². The fourth-order valence-corrected chi connectivity index (χ4v) is 3.05. The van der Waals surface area contributed by atoms with E-state index in [-0.39, 0.29) is 27.0 Å². The lowest BCUT2D eigenvalue weighted by molar-refractivity contribution is -0.384. The van der Waals surface area contributed by atoms with E-state index in [4.69, 9.17) is 0 Å². The van der Waals surface area contributed by atoms with Crippen molar-refractivity contribution in [2.45, 2.75) is 6.18 Å². The number of nitrogens with one attached hydrogen (secondary N) is 2. The monoisotopic (exact) mass is 410 g/mol. The van der Waals surface area contributed by atoms with Crippen molar-refractivity contribution in [3.63, 3.8) is 0 Å². The molecule has 3 aromatic rings. The van der Waals surface area contributed by atoms with Gasteiger partial charge in [0.15, 0.2) is 5.01 Å². The number of nitro benzene ring substituents is 1. The van der Waals surface area contributed by atoms with Gasteiger partial charge in [0.2, 0.25) is 0 Å². The number of hydrazine groups is 1. The van der Waals surface area contributed by atoms with Gasteiger partial charge in [-0.2, -0.15) is 13.2 Å². The Kier molecular flexibility index (Phi) is 4.96. The average molecular weight is 410 g/mol. The zero-order chi connectivity index (χ0) is 20.5. The fourth-order valence-electron chi connectivity index (χ4n) is 2.18. The summed E-state index contributed by atoms with van der Waals surface area (Å²) in [6.45, 7) is 0. The lowest BCUT2D eigenvalue weighted by Crippen LogP contribution is -2.41. The van der Waals surface area contributed by atoms with Crippen LogP contribution in [0.2, 0.25) is 0 Å². The second kappa shape index (κ2) is 7.23. The third kappa shape index (κ3) is 4.06. The van der Waals surface area contributed by atoms with Crippen molar-refractivity contribution in [3.8, 4) is 0 Å². The highest BCUT2D eigenvalue weighted by atomic mass is 32.1. The van der Waals surface area contributed by atoms with Crippen molar-refractivity contribution in [3.05, 3.63) is 68.7 Å². The molecular weight excluding hydrogens is 401 g/mol. The van der Waals surface area contributed by atoms with Crippen LogP contribution in [0.1, 0.15) is 25.7 Å². The van der Waals surface area contributed by atoms with E-state index in [1.807, 2.05) is 0 Å². The molecule has 0 spiro atoms. The number of halogens is 3. The molecule has 2 amide bonds. The Hall–Kier alpha value is -3.54. The molecule has 0 atom stereocenters. The number of rotatable bonds is 3. The molecule has 0 aliphatic carbocycles. The Morgan fingerprint density at radius 3 is 2.14 bits per heavy atom. The van der Waals surface area contributed by atoms with Crippen LogP contribution in [0, 0.1) is 10.1 Å². The molecule has 0 aliphatic heterocycles. The number of nitrogens with zero attached hydrogens (tertiary/aromatic N) is 2. The van der Waals surface area contributed by atoms with Crippen LogP contribution in [0.3, 0.4) is 0 Å². The molecule has 0 saturated heterocycles. The van der Waals surface area contributed by atoms with E-state index in [1.54, 1.807) is 0 Å². The molecule has 0 aliphatic rings. The summed E-state index contributed by atoms with van der Waals surface area (Å²) in [6.07, 6.45) is -4.58. The lowest BCUT2D eigenvalue weighted by atomic mass is 10.2. The van der Waals surface area contributed by atoms with E-state index >= 15 is 0 Å². The van der Waals surface area contributed by atoms with Gasteiger partial charge < -0.3 is 0 Å². The van der Waals surface area contributed by atoms with Gasteiger partial charge in [0, 0.05) is 23.3 Å². The third-order valence-corrected chi connectivity index (χ3v) is 4.59. The van der Waals surface area contributed by atoms with Crippen LogP contribution in [0.25, 0.3) is 10.2 Å². The van der Waals surface area contributed by atoms with E-state index in [9.17, 15) is 32.9 Å². The van der Waals surface area contributed by atoms with Gasteiger partial charge in [0.25, 0.3) is 17.5 Å². The number of alkyl halides is 3. The zero-order valence-electron chi connectivity index (χ0n) is 13.6. The second-order valence-corrected chi connectivity index (χ2v) is 6.44. The molecule has 0 unspecified atom stereocenters. The Labute approximate surface area is 158 Å². The molecule has 2 aromatic carbocycles. The van der Waals surface area contributed by atoms with Gasteiger partial charge in [-0.15, -0.1) is 11.3 Å². The number of carbonyl (C=O) groups excluding carboxylic acids is 2. The van der Waals surface area contributed by atoms with Crippen molar-refractivity contribution >= 4 is 39.1 Å². The summed E-state index contributed by atoms with van der Waals surface area (Å²) in [6, 6.07) is 8.46. The largest absolute Gasteiger partial charge is 0.443 e. The summed E-state index contributed by atoms with van der Waals surface area (Å²) in [4.78, 5) is 37.5. The maximum atomic E-state index is 12.7. The van der Waals surface area contributed by atoms with Gasteiger partial charge in [-0.1, -0.05) is 0 Å². The summed E-state index contributed by atoms with van der Waals surface area (Å²) in [5, 5.41) is 9.56. The number of carbonyl (C=O) groups is 2. The molecule has 1 aromatic heterocycles. The Morgan fingerprint density at radius 1 is 1.00 bits per heavy atom. The highest BCUT2D eigenvalue weighted by Crippen LogP contribution is 2.35. The van der Waals surface area contributed by atoms with Gasteiger partial charge in [0.05, 0.1) is 15.1 Å². The molecular formula is C16H9F3N4O4S. The Morgan fingerprint density at radius 2 is 1.57 bits per heavy atom. The summed E-state index contributed by atoms with van der Waals surface area (Å²) in [5.41, 5.74) is 4.24. The predicted octanol–water partition coefficient (Wildman–Crippen LogP) is 3.30. The number of aromatic nitrogens is 1. The average Bonchev–Trinajstić information content (AvgIpc) is 3.09. The van der Waals surface area contributed by atoms with Crippen LogP contribution in [-0.2, 0) is 6.18 Å². The van der Waals surface area contributed by atoms with E-state index in [0.29, 0.717) is 11.3 Å². The number of non-ortho nitro benzene ring substituents is 1. The molecule has 144 valence electrons. The summed E-state index contributed by atoms with van der Waals surface area (Å²) < 4.78 is 38.3. The second-order valence-electron chi connectivity index (χ2n) is 5.41. The molecule has 0 bridgehead atoms. The van der Waals surface area contributed by atoms with Crippen molar-refractivity contribution < 1.29 is 27.7 Å². The van der Waals surface area contributed by atoms with Gasteiger partial charge in [0.1, 0.15) is 0 Å². The van der Waals surface area contributed by atoms with Crippen molar-refractivity contribution in [1.82, 2.24) is 15.8 Å². The van der Waals surface area contributed by atoms with Crippen LogP contribution in [0.15, 0.2) is 42.5 Å². The highest BCUT2D eigenvalue weighted by molar-refractivity contribution is 7.18. The summed E-state index contributed by atoms with van der Waals surface area (Å²) in [5.74, 6) is -1.47. The smallest absolute Gasteiger partial charge is 0.267 e. The summed E-state index contributed by atoms with van der Waals surface area (Å²) >= 11 is 0.402. The maximum absolute atomic E-state index is 12.7. The highest BCUT2D eigenvalue weighted by Gasteiger charge is 2.34. The SMILES string of the molecule is O=C(NNC(=O)c1ccc2nc(C(F)(F)F)sc2c1)c1ccc([N+](=O)[O-])cc1. The molecule has 3 rings (SSSR count). The molecule has 12 heteroatoms. The van der Waals surface area contributed by atoms with Gasteiger partial charge in [-0.25, -0.2) is 4.98 Å². The van der Waals surface area contributed by atoms with Gasteiger partial charge >= 0.3 is 6.18 Å². The standard InChI is InChI=1S/C16H9F3N4O4S/c17-16(18,19)15-20-11-6-3-9(7-12(11)28-15)14(25)22-21-13(24)8-1-4-10(5-2-8)23(26)27/h1-7H,(H,21,24)(H,22,25). The fraction of sp³-hybridized carbons (Fsp3) is 0.0625. The number of nitro groups is 1. The number of hydrogen-bond acceptors (Lipinski definition) is 6. The number of fused-ring (bicyclic) bond motifs is 1. The van der Waals surface area contributed by atoms with Gasteiger partial charge in [-0.3, -0.25) is 30.6 Å². The van der Waals surface area contributed by atoms with E-state index in [0.717, 1.165) is 12.1 Å². The van der Waals surface area contributed by atoms with Gasteiger partial charge in [-0.05, 0) is 30.3 Å². The van der Waals surface area contributed by atoms with E-state index in [1.165, 1.54) is 30.3 Å². The number of amides is 2. The molecule has 1 heterocycles. The molecule has 2 N–H and O–H groups in total. The molecule has 28 heavy (non-hydrogen) atoms.